The zero-order valence-corrected chi connectivity index (χ0v) is 8.69. The SMILES string of the molecule is C=CCOCc1ccc(CNC)s1. The molecule has 1 aromatic rings. The van der Waals surface area contributed by atoms with E-state index < -0.39 is 0 Å². The molecule has 0 fully saturated rings. The van der Waals surface area contributed by atoms with Gasteiger partial charge in [0, 0.05) is 16.3 Å². The van der Waals surface area contributed by atoms with E-state index in [9.17, 15) is 0 Å². The third kappa shape index (κ3) is 3.72. The van der Waals surface area contributed by atoms with E-state index in [4.69, 9.17) is 4.74 Å². The van der Waals surface area contributed by atoms with Crippen molar-refractivity contribution in [1.82, 2.24) is 5.32 Å². The van der Waals surface area contributed by atoms with E-state index in [2.05, 4.69) is 24.0 Å². The molecule has 0 unspecified atom stereocenters. The van der Waals surface area contributed by atoms with Crippen molar-refractivity contribution < 1.29 is 4.74 Å². The average Bonchev–Trinajstić information content (AvgIpc) is 2.54. The Morgan fingerprint density at radius 3 is 3.00 bits per heavy atom. The van der Waals surface area contributed by atoms with E-state index in [0.29, 0.717) is 13.2 Å². The van der Waals surface area contributed by atoms with Gasteiger partial charge in [-0.1, -0.05) is 6.08 Å². The summed E-state index contributed by atoms with van der Waals surface area (Å²) < 4.78 is 5.33. The van der Waals surface area contributed by atoms with Crippen LogP contribution in [0.5, 0.6) is 0 Å². The molecule has 0 atom stereocenters. The lowest BCUT2D eigenvalue weighted by Crippen LogP contribution is -2.02. The second-order valence-corrected chi connectivity index (χ2v) is 3.96. The van der Waals surface area contributed by atoms with Gasteiger partial charge in [0.1, 0.15) is 0 Å². The molecule has 1 rings (SSSR count). The largest absolute Gasteiger partial charge is 0.372 e. The Hall–Kier alpha value is -0.640. The summed E-state index contributed by atoms with van der Waals surface area (Å²) in [5, 5.41) is 3.12. The normalized spacial score (nSPS) is 10.2. The Morgan fingerprint density at radius 2 is 2.31 bits per heavy atom. The molecule has 0 radical (unpaired) electrons. The lowest BCUT2D eigenvalue weighted by Gasteiger charge is -1.96. The molecule has 13 heavy (non-hydrogen) atoms. The third-order valence-corrected chi connectivity index (χ3v) is 2.61. The fourth-order valence-corrected chi connectivity index (χ4v) is 1.98. The lowest BCUT2D eigenvalue weighted by molar-refractivity contribution is 0.151. The molecule has 1 N–H and O–H groups in total. The minimum atomic E-state index is 0.624. The highest BCUT2D eigenvalue weighted by molar-refractivity contribution is 7.11. The van der Waals surface area contributed by atoms with Crippen molar-refractivity contribution in [3.05, 3.63) is 34.5 Å². The molecule has 2 nitrogen and oxygen atoms in total. The summed E-state index contributed by atoms with van der Waals surface area (Å²) in [6.07, 6.45) is 1.77. The number of hydrogen-bond donors (Lipinski definition) is 1. The van der Waals surface area contributed by atoms with Crippen LogP contribution in [0.25, 0.3) is 0 Å². The van der Waals surface area contributed by atoms with E-state index in [1.165, 1.54) is 9.75 Å². The van der Waals surface area contributed by atoms with Crippen molar-refractivity contribution in [2.45, 2.75) is 13.2 Å². The Balaban J connectivity index is 2.35. The van der Waals surface area contributed by atoms with Crippen molar-refractivity contribution in [2.75, 3.05) is 13.7 Å². The molecule has 0 bridgehead atoms. The van der Waals surface area contributed by atoms with Crippen molar-refractivity contribution in [2.24, 2.45) is 0 Å². The molecule has 72 valence electrons. The summed E-state index contributed by atoms with van der Waals surface area (Å²) in [7, 11) is 1.95. The van der Waals surface area contributed by atoms with Crippen LogP contribution < -0.4 is 5.32 Å². The first-order valence-corrected chi connectivity index (χ1v) is 5.09. The summed E-state index contributed by atoms with van der Waals surface area (Å²) in [5.41, 5.74) is 0. The standard InChI is InChI=1S/C10H15NOS/c1-3-6-12-8-10-5-4-9(13-10)7-11-2/h3-5,11H,1,6-8H2,2H3. The molecule has 0 aromatic carbocycles. The summed E-state index contributed by atoms with van der Waals surface area (Å²) in [4.78, 5) is 2.62. The van der Waals surface area contributed by atoms with Crippen LogP contribution in [0, 0.1) is 0 Å². The topological polar surface area (TPSA) is 21.3 Å². The van der Waals surface area contributed by atoms with Crippen molar-refractivity contribution in [3.8, 4) is 0 Å². The van der Waals surface area contributed by atoms with Gasteiger partial charge in [-0.3, -0.25) is 0 Å². The summed E-state index contributed by atoms with van der Waals surface area (Å²) in [6, 6.07) is 4.24. The molecule has 0 saturated carbocycles. The first kappa shape index (κ1) is 10.4. The van der Waals surface area contributed by atoms with Gasteiger partial charge in [-0.15, -0.1) is 17.9 Å². The summed E-state index contributed by atoms with van der Waals surface area (Å²) in [5.74, 6) is 0. The van der Waals surface area contributed by atoms with Crippen LogP contribution >= 0.6 is 11.3 Å². The Labute approximate surface area is 83.2 Å². The lowest BCUT2D eigenvalue weighted by atomic mass is 10.4. The zero-order chi connectivity index (χ0) is 9.52. The van der Waals surface area contributed by atoms with Gasteiger partial charge in [-0.2, -0.15) is 0 Å². The first-order chi connectivity index (χ1) is 6.36. The zero-order valence-electron chi connectivity index (χ0n) is 7.88. The maximum Gasteiger partial charge on any atom is 0.0813 e. The Bertz CT molecular complexity index is 257. The fraction of sp³-hybridized carbons (Fsp3) is 0.400. The molecule has 0 aliphatic heterocycles. The van der Waals surface area contributed by atoms with Crippen LogP contribution in [0.4, 0.5) is 0 Å². The second kappa shape index (κ2) is 5.91. The summed E-state index contributed by atoms with van der Waals surface area (Å²) in [6.45, 7) is 5.85. The highest BCUT2D eigenvalue weighted by Gasteiger charge is 1.98. The maximum atomic E-state index is 5.33. The highest BCUT2D eigenvalue weighted by Crippen LogP contribution is 2.16. The van der Waals surface area contributed by atoms with Gasteiger partial charge in [0.05, 0.1) is 13.2 Å². The quantitative estimate of drug-likeness (QED) is 0.557. The predicted molar refractivity (Wildman–Crippen MR) is 56.9 cm³/mol. The highest BCUT2D eigenvalue weighted by atomic mass is 32.1. The van der Waals surface area contributed by atoms with E-state index in [-0.39, 0.29) is 0 Å². The molecule has 0 aliphatic carbocycles. The smallest absolute Gasteiger partial charge is 0.0813 e. The Kier molecular flexibility index (Phi) is 4.75. The predicted octanol–water partition coefficient (Wildman–Crippen LogP) is 2.17. The van der Waals surface area contributed by atoms with E-state index in [1.807, 2.05) is 7.05 Å². The number of nitrogens with one attached hydrogen (secondary N) is 1. The maximum absolute atomic E-state index is 5.33. The number of ether oxygens (including phenoxy) is 1. The van der Waals surface area contributed by atoms with Gasteiger partial charge in [-0.05, 0) is 19.2 Å². The number of hydrogen-bond acceptors (Lipinski definition) is 3. The third-order valence-electron chi connectivity index (χ3n) is 1.55. The molecule has 0 saturated heterocycles. The van der Waals surface area contributed by atoms with Crippen LogP contribution in [0.3, 0.4) is 0 Å². The van der Waals surface area contributed by atoms with Crippen LogP contribution in [0.1, 0.15) is 9.75 Å². The number of rotatable bonds is 6. The van der Waals surface area contributed by atoms with Crippen LogP contribution in [-0.2, 0) is 17.9 Å². The van der Waals surface area contributed by atoms with Gasteiger partial charge in [0.2, 0.25) is 0 Å². The fourth-order valence-electron chi connectivity index (χ4n) is 1.01. The average molecular weight is 197 g/mol. The van der Waals surface area contributed by atoms with E-state index >= 15 is 0 Å². The van der Waals surface area contributed by atoms with Crippen molar-refractivity contribution in [3.63, 3.8) is 0 Å². The molecule has 1 aromatic heterocycles. The first-order valence-electron chi connectivity index (χ1n) is 4.27. The molecule has 0 amide bonds. The minimum absolute atomic E-state index is 0.624. The van der Waals surface area contributed by atoms with Crippen LogP contribution in [0.15, 0.2) is 24.8 Å². The van der Waals surface area contributed by atoms with Crippen molar-refractivity contribution in [1.29, 1.82) is 0 Å². The molecular weight excluding hydrogens is 182 g/mol. The van der Waals surface area contributed by atoms with Gasteiger partial charge in [0.15, 0.2) is 0 Å². The van der Waals surface area contributed by atoms with Gasteiger partial charge in [-0.25, -0.2) is 0 Å². The summed E-state index contributed by atoms with van der Waals surface area (Å²) >= 11 is 1.79. The molecular formula is C10H15NOS. The van der Waals surface area contributed by atoms with Gasteiger partial charge < -0.3 is 10.1 Å². The number of thiophene rings is 1. The van der Waals surface area contributed by atoms with Crippen LogP contribution in [0.2, 0.25) is 0 Å². The second-order valence-electron chi connectivity index (χ2n) is 2.70. The molecule has 0 aliphatic rings. The van der Waals surface area contributed by atoms with Gasteiger partial charge >= 0.3 is 0 Å². The van der Waals surface area contributed by atoms with Crippen molar-refractivity contribution >= 4 is 11.3 Å². The molecule has 3 heteroatoms. The minimum Gasteiger partial charge on any atom is -0.372 e. The monoisotopic (exact) mass is 197 g/mol. The molecule has 1 heterocycles. The van der Waals surface area contributed by atoms with E-state index in [1.54, 1.807) is 17.4 Å². The molecule has 0 spiro atoms. The Morgan fingerprint density at radius 1 is 1.54 bits per heavy atom. The van der Waals surface area contributed by atoms with Crippen LogP contribution in [-0.4, -0.2) is 13.7 Å². The van der Waals surface area contributed by atoms with Gasteiger partial charge in [0.25, 0.3) is 0 Å². The van der Waals surface area contributed by atoms with E-state index in [0.717, 1.165) is 6.54 Å².